The van der Waals surface area contributed by atoms with Crippen LogP contribution < -0.4 is 11.1 Å². The van der Waals surface area contributed by atoms with Gasteiger partial charge in [0.05, 0.1) is 5.56 Å². The number of unbranched alkanes of at least 4 members (excludes halogenated alkanes) is 1. The summed E-state index contributed by atoms with van der Waals surface area (Å²) < 4.78 is 1.85. The third-order valence-corrected chi connectivity index (χ3v) is 4.06. The van der Waals surface area contributed by atoms with Crippen molar-refractivity contribution in [2.75, 3.05) is 6.54 Å². The lowest BCUT2D eigenvalue weighted by Crippen LogP contribution is -2.40. The van der Waals surface area contributed by atoms with Crippen LogP contribution in [0.15, 0.2) is 22.7 Å². The first-order valence-corrected chi connectivity index (χ1v) is 7.91. The van der Waals surface area contributed by atoms with E-state index in [1.54, 1.807) is 0 Å². The summed E-state index contributed by atoms with van der Waals surface area (Å²) in [5.74, 6) is -0.0630. The van der Waals surface area contributed by atoms with E-state index in [1.807, 2.05) is 18.2 Å². The van der Waals surface area contributed by atoms with E-state index in [1.165, 1.54) is 0 Å². The van der Waals surface area contributed by atoms with Crippen molar-refractivity contribution in [3.05, 3.63) is 31.8 Å². The SMILES string of the molecule is CCCCC(CN)NC(=O)c1cc(I)ccc1Br. The normalized spacial score (nSPS) is 12.2. The molecule has 0 bridgehead atoms. The van der Waals surface area contributed by atoms with E-state index < -0.39 is 0 Å². The second-order valence-electron chi connectivity index (χ2n) is 4.17. The summed E-state index contributed by atoms with van der Waals surface area (Å²) in [6, 6.07) is 5.77. The molecule has 5 heteroatoms. The van der Waals surface area contributed by atoms with Crippen LogP contribution in [0.2, 0.25) is 0 Å². The molecule has 1 amide bonds. The Hall–Kier alpha value is -0.140. The van der Waals surface area contributed by atoms with Gasteiger partial charge >= 0.3 is 0 Å². The van der Waals surface area contributed by atoms with Crippen LogP contribution in [0.4, 0.5) is 0 Å². The Bertz CT molecular complexity index is 412. The molecular formula is C13H18BrIN2O. The Kier molecular flexibility index (Phi) is 7.18. The van der Waals surface area contributed by atoms with Gasteiger partial charge in [0.2, 0.25) is 0 Å². The fraction of sp³-hybridized carbons (Fsp3) is 0.462. The number of nitrogens with two attached hydrogens (primary N) is 1. The Morgan fingerprint density at radius 3 is 2.89 bits per heavy atom. The third-order valence-electron chi connectivity index (χ3n) is 2.70. The molecule has 3 N–H and O–H groups in total. The number of benzene rings is 1. The number of halogens is 2. The average Bonchev–Trinajstić information content (AvgIpc) is 2.37. The van der Waals surface area contributed by atoms with E-state index in [4.69, 9.17) is 5.73 Å². The molecule has 0 aromatic heterocycles. The second kappa shape index (κ2) is 8.12. The number of rotatable bonds is 6. The summed E-state index contributed by atoms with van der Waals surface area (Å²) in [5.41, 5.74) is 6.34. The highest BCUT2D eigenvalue weighted by molar-refractivity contribution is 14.1. The number of nitrogens with one attached hydrogen (secondary N) is 1. The summed E-state index contributed by atoms with van der Waals surface area (Å²) in [6.07, 6.45) is 3.12. The molecule has 0 saturated carbocycles. The molecule has 0 radical (unpaired) electrons. The Morgan fingerprint density at radius 1 is 1.56 bits per heavy atom. The number of hydrogen-bond donors (Lipinski definition) is 2. The molecule has 1 rings (SSSR count). The molecule has 0 aliphatic heterocycles. The zero-order valence-corrected chi connectivity index (χ0v) is 14.1. The summed E-state index contributed by atoms with van der Waals surface area (Å²) in [5, 5.41) is 2.99. The second-order valence-corrected chi connectivity index (χ2v) is 6.27. The van der Waals surface area contributed by atoms with Crippen molar-refractivity contribution < 1.29 is 4.79 Å². The van der Waals surface area contributed by atoms with Crippen LogP contribution in [-0.4, -0.2) is 18.5 Å². The van der Waals surface area contributed by atoms with Gasteiger partial charge in [0, 0.05) is 20.6 Å². The van der Waals surface area contributed by atoms with Crippen molar-refractivity contribution in [3.63, 3.8) is 0 Å². The van der Waals surface area contributed by atoms with Crippen LogP contribution in [-0.2, 0) is 0 Å². The first kappa shape index (κ1) is 15.9. The highest BCUT2D eigenvalue weighted by atomic mass is 127. The van der Waals surface area contributed by atoms with E-state index in [0.29, 0.717) is 12.1 Å². The largest absolute Gasteiger partial charge is 0.348 e. The van der Waals surface area contributed by atoms with Gasteiger partial charge in [-0.15, -0.1) is 0 Å². The monoisotopic (exact) mass is 424 g/mol. The average molecular weight is 425 g/mol. The van der Waals surface area contributed by atoms with E-state index in [-0.39, 0.29) is 11.9 Å². The standard InChI is InChI=1S/C13H18BrIN2O/c1-2-3-4-10(8-16)17-13(18)11-7-9(15)5-6-12(11)14/h5-7,10H,2-4,8,16H2,1H3,(H,17,18). The number of carbonyl (C=O) groups excluding carboxylic acids is 1. The Morgan fingerprint density at radius 2 is 2.28 bits per heavy atom. The topological polar surface area (TPSA) is 55.1 Å². The van der Waals surface area contributed by atoms with Crippen LogP contribution >= 0.6 is 38.5 Å². The molecule has 0 spiro atoms. The maximum Gasteiger partial charge on any atom is 0.252 e. The predicted molar refractivity (Wildman–Crippen MR) is 86.7 cm³/mol. The van der Waals surface area contributed by atoms with Crippen molar-refractivity contribution in [2.24, 2.45) is 5.73 Å². The first-order chi connectivity index (χ1) is 8.58. The van der Waals surface area contributed by atoms with Gasteiger partial charge in [-0.25, -0.2) is 0 Å². The van der Waals surface area contributed by atoms with Crippen molar-refractivity contribution in [3.8, 4) is 0 Å². The fourth-order valence-electron chi connectivity index (χ4n) is 1.63. The lowest BCUT2D eigenvalue weighted by Gasteiger charge is -2.17. The van der Waals surface area contributed by atoms with Gasteiger partial charge in [-0.3, -0.25) is 4.79 Å². The lowest BCUT2D eigenvalue weighted by atomic mass is 10.1. The molecule has 0 fully saturated rings. The van der Waals surface area contributed by atoms with E-state index in [9.17, 15) is 4.79 Å². The van der Waals surface area contributed by atoms with Crippen LogP contribution in [0, 0.1) is 3.57 Å². The van der Waals surface area contributed by atoms with Crippen molar-refractivity contribution in [2.45, 2.75) is 32.2 Å². The highest BCUT2D eigenvalue weighted by Crippen LogP contribution is 2.19. The van der Waals surface area contributed by atoms with Crippen LogP contribution in [0.3, 0.4) is 0 Å². The maximum absolute atomic E-state index is 12.2. The van der Waals surface area contributed by atoms with Crippen molar-refractivity contribution in [1.82, 2.24) is 5.32 Å². The molecule has 1 atom stereocenters. The van der Waals surface area contributed by atoms with Crippen molar-refractivity contribution in [1.29, 1.82) is 0 Å². The Balaban J connectivity index is 2.71. The van der Waals surface area contributed by atoms with Gasteiger partial charge in [0.25, 0.3) is 5.91 Å². The quantitative estimate of drug-likeness (QED) is 0.688. The number of hydrogen-bond acceptors (Lipinski definition) is 2. The minimum Gasteiger partial charge on any atom is -0.348 e. The van der Waals surface area contributed by atoms with E-state index in [2.05, 4.69) is 50.8 Å². The van der Waals surface area contributed by atoms with Crippen LogP contribution in [0.25, 0.3) is 0 Å². The minimum atomic E-state index is -0.0630. The van der Waals surface area contributed by atoms with Gasteiger partial charge in [-0.2, -0.15) is 0 Å². The summed E-state index contributed by atoms with van der Waals surface area (Å²) in [7, 11) is 0. The number of carbonyl (C=O) groups is 1. The fourth-order valence-corrected chi connectivity index (χ4v) is 2.55. The minimum absolute atomic E-state index is 0.0576. The summed E-state index contributed by atoms with van der Waals surface area (Å²) >= 11 is 5.60. The number of amides is 1. The molecule has 1 unspecified atom stereocenters. The zero-order valence-electron chi connectivity index (χ0n) is 10.4. The van der Waals surface area contributed by atoms with Gasteiger partial charge in [0.1, 0.15) is 0 Å². The van der Waals surface area contributed by atoms with Crippen molar-refractivity contribution >= 4 is 44.4 Å². The summed E-state index contributed by atoms with van der Waals surface area (Å²) in [6.45, 7) is 2.61. The van der Waals surface area contributed by atoms with E-state index in [0.717, 1.165) is 27.3 Å². The van der Waals surface area contributed by atoms with E-state index >= 15 is 0 Å². The summed E-state index contributed by atoms with van der Waals surface area (Å²) in [4.78, 5) is 12.2. The molecule has 0 aliphatic carbocycles. The molecule has 0 saturated heterocycles. The van der Waals surface area contributed by atoms with Gasteiger partial charge < -0.3 is 11.1 Å². The molecule has 0 heterocycles. The van der Waals surface area contributed by atoms with Gasteiger partial charge in [0.15, 0.2) is 0 Å². The molecule has 1 aromatic rings. The first-order valence-electron chi connectivity index (χ1n) is 6.04. The Labute approximate surface area is 130 Å². The van der Waals surface area contributed by atoms with Gasteiger partial charge in [-0.05, 0) is 63.1 Å². The smallest absolute Gasteiger partial charge is 0.252 e. The molecule has 3 nitrogen and oxygen atoms in total. The highest BCUT2D eigenvalue weighted by Gasteiger charge is 2.14. The lowest BCUT2D eigenvalue weighted by molar-refractivity contribution is 0.0935. The molecular weight excluding hydrogens is 407 g/mol. The molecule has 100 valence electrons. The maximum atomic E-state index is 12.2. The molecule has 0 aliphatic rings. The molecule has 18 heavy (non-hydrogen) atoms. The van der Waals surface area contributed by atoms with Gasteiger partial charge in [-0.1, -0.05) is 19.8 Å². The van der Waals surface area contributed by atoms with Crippen LogP contribution in [0.5, 0.6) is 0 Å². The zero-order chi connectivity index (χ0) is 13.5. The molecule has 1 aromatic carbocycles. The predicted octanol–water partition coefficient (Wildman–Crippen LogP) is 3.30. The van der Waals surface area contributed by atoms with Crippen LogP contribution in [0.1, 0.15) is 36.5 Å². The third kappa shape index (κ3) is 4.85.